The van der Waals surface area contributed by atoms with Crippen molar-refractivity contribution in [3.8, 4) is 0 Å². The van der Waals surface area contributed by atoms with Gasteiger partial charge >= 0.3 is 0 Å². The Morgan fingerprint density at radius 2 is 1.71 bits per heavy atom. The van der Waals surface area contributed by atoms with Crippen LogP contribution in [0.25, 0.3) is 0 Å². The lowest BCUT2D eigenvalue weighted by Crippen LogP contribution is -2.60. The van der Waals surface area contributed by atoms with Crippen molar-refractivity contribution in [3.63, 3.8) is 0 Å². The van der Waals surface area contributed by atoms with E-state index in [2.05, 4.69) is 0 Å². The summed E-state index contributed by atoms with van der Waals surface area (Å²) in [7, 11) is -3.41. The van der Waals surface area contributed by atoms with Crippen molar-refractivity contribution in [2.45, 2.75) is 43.8 Å². The Kier molecular flexibility index (Phi) is 3.44. The Morgan fingerprint density at radius 3 is 2.12 bits per heavy atom. The maximum absolute atomic E-state index is 12.7. The number of nitrogens with zero attached hydrogens (tertiary/aromatic N) is 1. The van der Waals surface area contributed by atoms with Crippen LogP contribution in [0.4, 0.5) is 8.78 Å². The predicted molar refractivity (Wildman–Crippen MR) is 58.5 cm³/mol. The molecule has 0 aromatic rings. The maximum atomic E-state index is 12.7. The minimum Gasteiger partial charge on any atom is -0.288 e. The van der Waals surface area contributed by atoms with Gasteiger partial charge in [0.25, 0.3) is 16.0 Å². The summed E-state index contributed by atoms with van der Waals surface area (Å²) in [5.41, 5.74) is 0. The van der Waals surface area contributed by atoms with Gasteiger partial charge in [-0.05, 0) is 25.7 Å². The van der Waals surface area contributed by atoms with Crippen LogP contribution in [-0.2, 0) is 14.3 Å². The van der Waals surface area contributed by atoms with Crippen LogP contribution in [0.5, 0.6) is 0 Å². The molecule has 1 aliphatic carbocycles. The van der Waals surface area contributed by atoms with Gasteiger partial charge in [0.05, 0.1) is 25.4 Å². The van der Waals surface area contributed by atoms with E-state index in [-0.39, 0.29) is 25.2 Å². The number of hydrogen-bond acceptors (Lipinski definition) is 4. The van der Waals surface area contributed by atoms with E-state index in [0.717, 1.165) is 19.1 Å². The molecule has 0 bridgehead atoms. The summed E-state index contributed by atoms with van der Waals surface area (Å²) in [6.45, 7) is -0.315. The summed E-state index contributed by atoms with van der Waals surface area (Å²) in [5.74, 6) is -2.53. The molecule has 4 nitrogen and oxygen atoms in total. The van der Waals surface area contributed by atoms with Crippen molar-refractivity contribution in [2.75, 3.05) is 19.3 Å². The molecule has 2 fully saturated rings. The Hall–Kier alpha value is -0.270. The van der Waals surface area contributed by atoms with E-state index in [4.69, 9.17) is 4.18 Å². The highest BCUT2D eigenvalue weighted by Gasteiger charge is 2.47. The summed E-state index contributed by atoms with van der Waals surface area (Å²) < 4.78 is 52.2. The highest BCUT2D eigenvalue weighted by Crippen LogP contribution is 2.34. The summed E-state index contributed by atoms with van der Waals surface area (Å²) in [6, 6.07) is 0.161. The van der Waals surface area contributed by atoms with E-state index in [1.807, 2.05) is 0 Å². The largest absolute Gasteiger partial charge is 0.288 e. The second-order valence-corrected chi connectivity index (χ2v) is 6.59. The second kappa shape index (κ2) is 4.44. The molecule has 1 saturated carbocycles. The van der Waals surface area contributed by atoms with Gasteiger partial charge in [0, 0.05) is 6.04 Å². The minimum atomic E-state index is -3.41. The zero-order valence-electron chi connectivity index (χ0n) is 9.73. The first-order valence-corrected chi connectivity index (χ1v) is 7.57. The molecule has 100 valence electrons. The lowest BCUT2D eigenvalue weighted by molar-refractivity contribution is -0.151. The lowest BCUT2D eigenvalue weighted by Gasteiger charge is -2.45. The third kappa shape index (κ3) is 3.59. The van der Waals surface area contributed by atoms with Crippen molar-refractivity contribution in [1.82, 2.24) is 4.90 Å². The summed E-state index contributed by atoms with van der Waals surface area (Å²) >= 11 is 0. The van der Waals surface area contributed by atoms with Gasteiger partial charge in [-0.25, -0.2) is 8.78 Å². The fourth-order valence-corrected chi connectivity index (χ4v) is 3.25. The fourth-order valence-electron chi connectivity index (χ4n) is 2.56. The highest BCUT2D eigenvalue weighted by atomic mass is 32.2. The van der Waals surface area contributed by atoms with Crippen LogP contribution < -0.4 is 0 Å². The van der Waals surface area contributed by atoms with Gasteiger partial charge in [-0.1, -0.05) is 0 Å². The molecule has 0 N–H and O–H groups in total. The lowest BCUT2D eigenvalue weighted by atomic mass is 9.90. The van der Waals surface area contributed by atoms with Crippen molar-refractivity contribution in [1.29, 1.82) is 0 Å². The fraction of sp³-hybridized carbons (Fsp3) is 1.00. The number of halogens is 2. The monoisotopic (exact) mass is 269 g/mol. The summed E-state index contributed by atoms with van der Waals surface area (Å²) in [4.78, 5) is 1.77. The Bertz CT molecular complexity index is 369. The van der Waals surface area contributed by atoms with Crippen molar-refractivity contribution < 1.29 is 21.4 Å². The average Bonchev–Trinajstić information content (AvgIpc) is 2.12. The molecule has 2 aliphatic rings. The van der Waals surface area contributed by atoms with E-state index in [0.29, 0.717) is 12.8 Å². The number of alkyl halides is 2. The molecule has 0 spiro atoms. The molecule has 0 radical (unpaired) electrons. The Morgan fingerprint density at radius 1 is 1.18 bits per heavy atom. The average molecular weight is 269 g/mol. The first-order chi connectivity index (χ1) is 7.75. The van der Waals surface area contributed by atoms with Crippen LogP contribution in [0.15, 0.2) is 0 Å². The molecule has 0 aromatic carbocycles. The van der Waals surface area contributed by atoms with Crippen molar-refractivity contribution in [2.24, 2.45) is 0 Å². The molecule has 0 unspecified atom stereocenters. The van der Waals surface area contributed by atoms with Crippen LogP contribution in [0.3, 0.4) is 0 Å². The highest BCUT2D eigenvalue weighted by molar-refractivity contribution is 7.86. The zero-order chi connectivity index (χ0) is 12.7. The molecule has 0 amide bonds. The standard InChI is InChI=1S/C10H17F2NO3S/c1-17(14,15)16-9-4-2-8(3-5-9)13-6-10(11,12)7-13/h8-9H,2-7H2,1H3/t8-,9+. The second-order valence-electron chi connectivity index (χ2n) is 4.99. The SMILES string of the molecule is CS(=O)(=O)O[C@H]1CC[C@@H](N2CC(F)(F)C2)CC1. The molecule has 0 atom stereocenters. The molecular weight excluding hydrogens is 252 g/mol. The number of rotatable bonds is 3. The predicted octanol–water partition coefficient (Wildman–Crippen LogP) is 1.22. The van der Waals surface area contributed by atoms with Gasteiger partial charge in [-0.2, -0.15) is 8.42 Å². The van der Waals surface area contributed by atoms with Crippen molar-refractivity contribution in [3.05, 3.63) is 0 Å². The van der Waals surface area contributed by atoms with E-state index >= 15 is 0 Å². The summed E-state index contributed by atoms with van der Waals surface area (Å²) in [6.07, 6.45) is 3.48. The molecule has 1 saturated heterocycles. The van der Waals surface area contributed by atoms with E-state index in [9.17, 15) is 17.2 Å². The number of likely N-dealkylation sites (tertiary alicyclic amines) is 1. The molecule has 1 aliphatic heterocycles. The molecule has 0 aromatic heterocycles. The minimum absolute atomic E-state index is 0.157. The van der Waals surface area contributed by atoms with Crippen LogP contribution in [0, 0.1) is 0 Å². The van der Waals surface area contributed by atoms with Crippen LogP contribution in [0.1, 0.15) is 25.7 Å². The van der Waals surface area contributed by atoms with Gasteiger partial charge in [0.1, 0.15) is 0 Å². The normalized spacial score (nSPS) is 34.3. The van der Waals surface area contributed by atoms with Gasteiger partial charge in [-0.3, -0.25) is 9.08 Å². The number of hydrogen-bond donors (Lipinski definition) is 0. The molecule has 1 heterocycles. The first kappa shape index (κ1) is 13.2. The smallest absolute Gasteiger partial charge is 0.272 e. The molecule has 17 heavy (non-hydrogen) atoms. The quantitative estimate of drug-likeness (QED) is 0.723. The molecular formula is C10H17F2NO3S. The summed E-state index contributed by atoms with van der Waals surface area (Å²) in [5, 5.41) is 0. The van der Waals surface area contributed by atoms with Crippen molar-refractivity contribution >= 4 is 10.1 Å². The van der Waals surface area contributed by atoms with Crippen LogP contribution >= 0.6 is 0 Å². The molecule has 7 heteroatoms. The third-order valence-electron chi connectivity index (χ3n) is 3.34. The van der Waals surface area contributed by atoms with E-state index < -0.39 is 16.0 Å². The van der Waals surface area contributed by atoms with Crippen LogP contribution in [0.2, 0.25) is 0 Å². The van der Waals surface area contributed by atoms with E-state index in [1.54, 1.807) is 4.90 Å². The van der Waals surface area contributed by atoms with Gasteiger partial charge in [0.2, 0.25) is 0 Å². The van der Waals surface area contributed by atoms with Gasteiger partial charge in [0.15, 0.2) is 0 Å². The Balaban J connectivity index is 1.76. The first-order valence-electron chi connectivity index (χ1n) is 5.75. The third-order valence-corrected chi connectivity index (χ3v) is 3.96. The Labute approximate surface area is 100 Å². The maximum Gasteiger partial charge on any atom is 0.272 e. The van der Waals surface area contributed by atoms with Gasteiger partial charge in [-0.15, -0.1) is 0 Å². The molecule has 2 rings (SSSR count). The van der Waals surface area contributed by atoms with E-state index in [1.165, 1.54) is 0 Å². The zero-order valence-corrected chi connectivity index (χ0v) is 10.5. The van der Waals surface area contributed by atoms with Gasteiger partial charge < -0.3 is 0 Å². The topological polar surface area (TPSA) is 46.6 Å². The van der Waals surface area contributed by atoms with Crippen LogP contribution in [-0.4, -0.2) is 50.7 Å².